The Morgan fingerprint density at radius 2 is 1.52 bits per heavy atom. The Morgan fingerprint density at radius 1 is 0.952 bits per heavy atom. The topological polar surface area (TPSA) is 41.1 Å². The van der Waals surface area contributed by atoms with Crippen LogP contribution in [0.25, 0.3) is 0 Å². The van der Waals surface area contributed by atoms with Crippen LogP contribution in [-0.2, 0) is 4.79 Å². The molecule has 0 aliphatic carbocycles. The molecule has 0 aliphatic heterocycles. The highest BCUT2D eigenvalue weighted by atomic mass is 16.2. The number of carbonyl (C=O) groups is 1. The summed E-state index contributed by atoms with van der Waals surface area (Å²) in [7, 11) is 0. The Hall–Kier alpha value is -2.29. The largest absolute Gasteiger partial charge is 0.374 e. The van der Waals surface area contributed by atoms with Crippen LogP contribution in [-0.4, -0.2) is 11.9 Å². The van der Waals surface area contributed by atoms with Gasteiger partial charge < -0.3 is 10.6 Å². The van der Waals surface area contributed by atoms with Gasteiger partial charge in [0.25, 0.3) is 0 Å². The SMILES string of the molecule is Cc1ccc(N[C@@H](C)C(=O)Nc2c(C)cccc2C)cc1. The van der Waals surface area contributed by atoms with Gasteiger partial charge in [0.1, 0.15) is 6.04 Å². The quantitative estimate of drug-likeness (QED) is 0.888. The van der Waals surface area contributed by atoms with Gasteiger partial charge >= 0.3 is 0 Å². The minimum atomic E-state index is -0.299. The summed E-state index contributed by atoms with van der Waals surface area (Å²) in [5.41, 5.74) is 5.20. The Bertz CT molecular complexity index is 612. The maximum Gasteiger partial charge on any atom is 0.246 e. The van der Waals surface area contributed by atoms with E-state index in [9.17, 15) is 4.79 Å². The first kappa shape index (κ1) is 15.1. The van der Waals surface area contributed by atoms with Crippen LogP contribution in [0.15, 0.2) is 42.5 Å². The highest BCUT2D eigenvalue weighted by Crippen LogP contribution is 2.20. The summed E-state index contributed by atoms with van der Waals surface area (Å²) in [4.78, 5) is 12.3. The molecule has 2 rings (SSSR count). The highest BCUT2D eigenvalue weighted by molar-refractivity contribution is 5.97. The lowest BCUT2D eigenvalue weighted by Crippen LogP contribution is -2.32. The van der Waals surface area contributed by atoms with E-state index in [-0.39, 0.29) is 11.9 Å². The van der Waals surface area contributed by atoms with Crippen LogP contribution in [0, 0.1) is 20.8 Å². The van der Waals surface area contributed by atoms with E-state index < -0.39 is 0 Å². The van der Waals surface area contributed by atoms with E-state index in [0.717, 1.165) is 22.5 Å². The number of amides is 1. The molecule has 3 nitrogen and oxygen atoms in total. The number of carbonyl (C=O) groups excluding carboxylic acids is 1. The fraction of sp³-hybridized carbons (Fsp3) is 0.278. The van der Waals surface area contributed by atoms with E-state index in [1.165, 1.54) is 5.56 Å². The van der Waals surface area contributed by atoms with Crippen molar-refractivity contribution in [3.63, 3.8) is 0 Å². The predicted octanol–water partition coefficient (Wildman–Crippen LogP) is 4.05. The van der Waals surface area contributed by atoms with E-state index in [0.29, 0.717) is 0 Å². The lowest BCUT2D eigenvalue weighted by molar-refractivity contribution is -0.116. The summed E-state index contributed by atoms with van der Waals surface area (Å²) in [6, 6.07) is 13.7. The molecule has 1 amide bonds. The van der Waals surface area contributed by atoms with Gasteiger partial charge in [0, 0.05) is 11.4 Å². The highest BCUT2D eigenvalue weighted by Gasteiger charge is 2.14. The lowest BCUT2D eigenvalue weighted by atomic mass is 10.1. The van der Waals surface area contributed by atoms with Crippen molar-refractivity contribution in [2.45, 2.75) is 33.7 Å². The molecule has 1 atom stereocenters. The van der Waals surface area contributed by atoms with Crippen molar-refractivity contribution < 1.29 is 4.79 Å². The van der Waals surface area contributed by atoms with E-state index in [4.69, 9.17) is 0 Å². The zero-order valence-corrected chi connectivity index (χ0v) is 13.0. The first-order valence-corrected chi connectivity index (χ1v) is 7.17. The molecule has 2 aromatic rings. The fourth-order valence-electron chi connectivity index (χ4n) is 2.21. The van der Waals surface area contributed by atoms with Crippen molar-refractivity contribution in [3.05, 3.63) is 59.2 Å². The molecule has 0 aromatic heterocycles. The van der Waals surface area contributed by atoms with Gasteiger partial charge in [-0.3, -0.25) is 4.79 Å². The summed E-state index contributed by atoms with van der Waals surface area (Å²) in [6.45, 7) is 7.91. The van der Waals surface area contributed by atoms with Crippen LogP contribution in [0.5, 0.6) is 0 Å². The lowest BCUT2D eigenvalue weighted by Gasteiger charge is -2.17. The average Bonchev–Trinajstić information content (AvgIpc) is 2.45. The van der Waals surface area contributed by atoms with Crippen LogP contribution in [0.1, 0.15) is 23.6 Å². The third kappa shape index (κ3) is 3.85. The van der Waals surface area contributed by atoms with Gasteiger partial charge in [-0.1, -0.05) is 35.9 Å². The Balaban J connectivity index is 2.04. The predicted molar refractivity (Wildman–Crippen MR) is 88.8 cm³/mol. The second-order valence-electron chi connectivity index (χ2n) is 5.49. The van der Waals surface area contributed by atoms with Crippen LogP contribution < -0.4 is 10.6 Å². The normalized spacial score (nSPS) is 11.8. The molecule has 0 spiro atoms. The molecule has 0 saturated heterocycles. The zero-order chi connectivity index (χ0) is 15.4. The average molecular weight is 282 g/mol. The Morgan fingerprint density at radius 3 is 2.10 bits per heavy atom. The monoisotopic (exact) mass is 282 g/mol. The van der Waals surface area contributed by atoms with Gasteiger partial charge in [0.2, 0.25) is 5.91 Å². The van der Waals surface area contributed by atoms with Crippen molar-refractivity contribution >= 4 is 17.3 Å². The number of hydrogen-bond donors (Lipinski definition) is 2. The summed E-state index contributed by atoms with van der Waals surface area (Å²) < 4.78 is 0. The van der Waals surface area contributed by atoms with E-state index in [1.54, 1.807) is 0 Å². The van der Waals surface area contributed by atoms with Crippen molar-refractivity contribution in [2.24, 2.45) is 0 Å². The van der Waals surface area contributed by atoms with Gasteiger partial charge in [-0.2, -0.15) is 0 Å². The van der Waals surface area contributed by atoms with Gasteiger partial charge in [-0.25, -0.2) is 0 Å². The third-order valence-electron chi connectivity index (χ3n) is 3.56. The van der Waals surface area contributed by atoms with Crippen LogP contribution in [0.2, 0.25) is 0 Å². The second-order valence-corrected chi connectivity index (χ2v) is 5.49. The standard InChI is InChI=1S/C18H22N2O/c1-12-8-10-16(11-9-12)19-15(4)18(21)20-17-13(2)6-5-7-14(17)3/h5-11,15,19H,1-4H3,(H,20,21)/t15-/m0/s1. The number of benzene rings is 2. The molecule has 0 fully saturated rings. The molecular formula is C18H22N2O. The van der Waals surface area contributed by atoms with Gasteiger partial charge in [-0.15, -0.1) is 0 Å². The van der Waals surface area contributed by atoms with E-state index in [2.05, 4.69) is 10.6 Å². The molecular weight excluding hydrogens is 260 g/mol. The van der Waals surface area contributed by atoms with E-state index in [1.807, 2.05) is 70.2 Å². The molecule has 0 unspecified atom stereocenters. The van der Waals surface area contributed by atoms with Crippen molar-refractivity contribution in [3.8, 4) is 0 Å². The second kappa shape index (κ2) is 6.44. The summed E-state index contributed by atoms with van der Waals surface area (Å²) in [6.07, 6.45) is 0. The summed E-state index contributed by atoms with van der Waals surface area (Å²) in [5.74, 6) is -0.0343. The number of para-hydroxylation sites is 1. The zero-order valence-electron chi connectivity index (χ0n) is 13.0. The summed E-state index contributed by atoms with van der Waals surface area (Å²) >= 11 is 0. The molecule has 3 heteroatoms. The maximum atomic E-state index is 12.3. The number of anilines is 2. The molecule has 2 aromatic carbocycles. The third-order valence-corrected chi connectivity index (χ3v) is 3.56. The molecule has 110 valence electrons. The number of hydrogen-bond acceptors (Lipinski definition) is 2. The van der Waals surface area contributed by atoms with Gasteiger partial charge in [-0.05, 0) is 51.0 Å². The van der Waals surface area contributed by atoms with Crippen LogP contribution in [0.4, 0.5) is 11.4 Å². The Labute approximate surface area is 126 Å². The smallest absolute Gasteiger partial charge is 0.246 e. The molecule has 0 radical (unpaired) electrons. The van der Waals surface area contributed by atoms with Crippen molar-refractivity contribution in [1.82, 2.24) is 0 Å². The minimum Gasteiger partial charge on any atom is -0.374 e. The molecule has 0 aliphatic rings. The van der Waals surface area contributed by atoms with Gasteiger partial charge in [0.05, 0.1) is 0 Å². The fourth-order valence-corrected chi connectivity index (χ4v) is 2.21. The number of aryl methyl sites for hydroxylation is 3. The maximum absolute atomic E-state index is 12.3. The first-order valence-electron chi connectivity index (χ1n) is 7.17. The van der Waals surface area contributed by atoms with E-state index >= 15 is 0 Å². The number of rotatable bonds is 4. The van der Waals surface area contributed by atoms with Crippen LogP contribution in [0.3, 0.4) is 0 Å². The Kier molecular flexibility index (Phi) is 4.63. The molecule has 0 heterocycles. The molecule has 0 bridgehead atoms. The van der Waals surface area contributed by atoms with Gasteiger partial charge in [0.15, 0.2) is 0 Å². The number of nitrogens with one attached hydrogen (secondary N) is 2. The molecule has 2 N–H and O–H groups in total. The first-order chi connectivity index (χ1) is 9.97. The molecule has 0 saturated carbocycles. The molecule has 21 heavy (non-hydrogen) atoms. The summed E-state index contributed by atoms with van der Waals surface area (Å²) in [5, 5.41) is 6.22. The minimum absolute atomic E-state index is 0.0343. The van der Waals surface area contributed by atoms with Crippen molar-refractivity contribution in [1.29, 1.82) is 0 Å². The van der Waals surface area contributed by atoms with Crippen LogP contribution >= 0.6 is 0 Å². The van der Waals surface area contributed by atoms with Crippen molar-refractivity contribution in [2.75, 3.05) is 10.6 Å².